The van der Waals surface area contributed by atoms with Crippen LogP contribution in [0.4, 0.5) is 0 Å². The lowest BCUT2D eigenvalue weighted by molar-refractivity contribution is -0.0639. The van der Waals surface area contributed by atoms with Gasteiger partial charge >= 0.3 is 23.6 Å². The average molecular weight is 541 g/mol. The maximum absolute atomic E-state index is 13.1. The number of ether oxygens (including phenoxy) is 4. The van der Waals surface area contributed by atoms with Gasteiger partial charge in [-0.1, -0.05) is 54.6 Å². The highest BCUT2D eigenvalue weighted by molar-refractivity contribution is 5.91. The summed E-state index contributed by atoms with van der Waals surface area (Å²) in [5.74, 6) is -2.07. The second kappa shape index (κ2) is 12.2. The first-order valence-electron chi connectivity index (χ1n) is 12.4. The third-order valence-electron chi connectivity index (χ3n) is 6.19. The van der Waals surface area contributed by atoms with Gasteiger partial charge in [-0.25, -0.2) is 24.2 Å². The summed E-state index contributed by atoms with van der Waals surface area (Å²) in [4.78, 5) is 55.3. The summed E-state index contributed by atoms with van der Waals surface area (Å²) in [5.41, 5.74) is 0.123. The second-order valence-electron chi connectivity index (χ2n) is 8.81. The van der Waals surface area contributed by atoms with Crippen molar-refractivity contribution in [3.63, 3.8) is 0 Å². The Morgan fingerprint density at radius 2 is 1.20 bits per heavy atom. The standard InChI is InChI=1S/C30H24N2O8/c33-27(20-11-4-1-5-12-20)37-19-23-24(39-28(34)21-13-6-2-7-14-21)25(40-29(35)22-15-8-3-9-16-22)26(38-23)32-18-10-17-31-30(32)36/h1-18,23-26H,19H2/t23-,24+,25+,26-/m1/s1. The fraction of sp³-hybridized carbons (Fsp3) is 0.167. The van der Waals surface area contributed by atoms with Gasteiger partial charge in [-0.05, 0) is 42.5 Å². The largest absolute Gasteiger partial charge is 0.459 e. The van der Waals surface area contributed by atoms with Crippen LogP contribution in [0, 0.1) is 0 Å². The van der Waals surface area contributed by atoms with Gasteiger partial charge in [0.25, 0.3) is 0 Å². The van der Waals surface area contributed by atoms with E-state index in [1.807, 2.05) is 0 Å². The van der Waals surface area contributed by atoms with E-state index in [1.54, 1.807) is 91.0 Å². The van der Waals surface area contributed by atoms with Gasteiger partial charge in [0.05, 0.1) is 16.7 Å². The van der Waals surface area contributed by atoms with Crippen molar-refractivity contribution in [2.45, 2.75) is 24.5 Å². The molecule has 5 rings (SSSR count). The number of carbonyl (C=O) groups excluding carboxylic acids is 3. The monoisotopic (exact) mass is 540 g/mol. The lowest BCUT2D eigenvalue weighted by Crippen LogP contribution is -2.42. The summed E-state index contributed by atoms with van der Waals surface area (Å²) in [6, 6.07) is 26.3. The first-order valence-corrected chi connectivity index (χ1v) is 12.4. The van der Waals surface area contributed by atoms with Crippen LogP contribution < -0.4 is 5.69 Å². The van der Waals surface area contributed by atoms with E-state index in [0.29, 0.717) is 5.56 Å². The fourth-order valence-electron chi connectivity index (χ4n) is 4.24. The Balaban J connectivity index is 1.48. The van der Waals surface area contributed by atoms with E-state index in [2.05, 4.69) is 4.98 Å². The molecule has 2 heterocycles. The number of hydrogen-bond acceptors (Lipinski definition) is 9. The highest BCUT2D eigenvalue weighted by atomic mass is 16.7. The van der Waals surface area contributed by atoms with Gasteiger partial charge in [-0.15, -0.1) is 0 Å². The molecule has 0 saturated carbocycles. The van der Waals surface area contributed by atoms with Crippen LogP contribution in [0.15, 0.2) is 114 Å². The minimum atomic E-state index is -1.29. The normalized spacial score (nSPS) is 19.9. The molecule has 10 heteroatoms. The third-order valence-corrected chi connectivity index (χ3v) is 6.19. The molecule has 4 aromatic rings. The molecular weight excluding hydrogens is 516 g/mol. The van der Waals surface area contributed by atoms with Crippen LogP contribution in [0.5, 0.6) is 0 Å². The van der Waals surface area contributed by atoms with Crippen molar-refractivity contribution in [1.82, 2.24) is 9.55 Å². The Morgan fingerprint density at radius 1 is 0.700 bits per heavy atom. The molecule has 0 amide bonds. The number of benzene rings is 3. The highest BCUT2D eigenvalue weighted by Crippen LogP contribution is 2.34. The lowest BCUT2D eigenvalue weighted by Gasteiger charge is -2.25. The van der Waals surface area contributed by atoms with Crippen molar-refractivity contribution >= 4 is 17.9 Å². The summed E-state index contributed by atoms with van der Waals surface area (Å²) in [5, 5.41) is 0. The Hall–Kier alpha value is -5.09. The second-order valence-corrected chi connectivity index (χ2v) is 8.81. The van der Waals surface area contributed by atoms with Gasteiger partial charge in [-0.2, -0.15) is 0 Å². The Kier molecular flexibility index (Phi) is 8.07. The predicted molar refractivity (Wildman–Crippen MR) is 140 cm³/mol. The SMILES string of the molecule is O=C(OC[C@H]1O[C@@H](n2cccnc2=O)[C@@H](OC(=O)c2ccccc2)[C@H]1OC(=O)c1ccccc1)c1ccccc1. The maximum Gasteiger partial charge on any atom is 0.349 e. The van der Waals surface area contributed by atoms with E-state index >= 15 is 0 Å². The molecule has 40 heavy (non-hydrogen) atoms. The molecule has 1 aliphatic rings. The van der Waals surface area contributed by atoms with Crippen LogP contribution in [0.3, 0.4) is 0 Å². The number of esters is 3. The molecule has 1 aromatic heterocycles. The third kappa shape index (κ3) is 5.97. The first-order chi connectivity index (χ1) is 19.5. The molecule has 1 aliphatic heterocycles. The first kappa shape index (κ1) is 26.5. The smallest absolute Gasteiger partial charge is 0.349 e. The van der Waals surface area contributed by atoms with E-state index in [-0.39, 0.29) is 17.7 Å². The van der Waals surface area contributed by atoms with E-state index in [0.717, 1.165) is 4.57 Å². The summed E-state index contributed by atoms with van der Waals surface area (Å²) in [7, 11) is 0. The number of hydrogen-bond donors (Lipinski definition) is 0. The van der Waals surface area contributed by atoms with Crippen LogP contribution in [-0.2, 0) is 18.9 Å². The van der Waals surface area contributed by atoms with E-state index in [1.165, 1.54) is 18.5 Å². The zero-order chi connectivity index (χ0) is 27.9. The Labute approximate surface area is 228 Å². The molecule has 3 aromatic carbocycles. The number of rotatable bonds is 8. The number of aromatic nitrogens is 2. The summed E-state index contributed by atoms with van der Waals surface area (Å²) in [6.07, 6.45) is -2.14. The minimum Gasteiger partial charge on any atom is -0.459 e. The molecule has 0 spiro atoms. The summed E-state index contributed by atoms with van der Waals surface area (Å²) < 4.78 is 24.4. The van der Waals surface area contributed by atoms with E-state index in [4.69, 9.17) is 18.9 Å². The molecule has 202 valence electrons. The Bertz CT molecular complexity index is 1530. The van der Waals surface area contributed by atoms with Gasteiger partial charge in [0.2, 0.25) is 0 Å². The molecule has 0 bridgehead atoms. The van der Waals surface area contributed by atoms with Gasteiger partial charge in [0.1, 0.15) is 12.7 Å². The maximum atomic E-state index is 13.1. The van der Waals surface area contributed by atoms with Gasteiger partial charge in [-0.3, -0.25) is 4.57 Å². The van der Waals surface area contributed by atoms with Crippen LogP contribution >= 0.6 is 0 Å². The van der Waals surface area contributed by atoms with E-state index < -0.39 is 48.1 Å². The molecule has 0 radical (unpaired) electrons. The molecule has 4 atom stereocenters. The van der Waals surface area contributed by atoms with Crippen molar-refractivity contribution in [3.05, 3.63) is 137 Å². The zero-order valence-electron chi connectivity index (χ0n) is 21.1. The van der Waals surface area contributed by atoms with Crippen molar-refractivity contribution in [3.8, 4) is 0 Å². The molecular formula is C30H24N2O8. The minimum absolute atomic E-state index is 0.242. The molecule has 0 aliphatic carbocycles. The Morgan fingerprint density at radius 3 is 1.73 bits per heavy atom. The van der Waals surface area contributed by atoms with Crippen molar-refractivity contribution in [2.24, 2.45) is 0 Å². The van der Waals surface area contributed by atoms with E-state index in [9.17, 15) is 19.2 Å². The van der Waals surface area contributed by atoms with Gasteiger partial charge < -0.3 is 18.9 Å². The van der Waals surface area contributed by atoms with Crippen molar-refractivity contribution in [2.75, 3.05) is 6.61 Å². The van der Waals surface area contributed by atoms with Crippen molar-refractivity contribution < 1.29 is 33.3 Å². The summed E-state index contributed by atoms with van der Waals surface area (Å²) >= 11 is 0. The number of carbonyl (C=O) groups is 3. The quantitative estimate of drug-likeness (QED) is 0.244. The molecule has 0 unspecified atom stereocenters. The molecule has 1 saturated heterocycles. The molecule has 1 fully saturated rings. The van der Waals surface area contributed by atoms with Crippen LogP contribution in [0.1, 0.15) is 37.3 Å². The summed E-state index contributed by atoms with van der Waals surface area (Å²) in [6.45, 7) is -0.356. The van der Waals surface area contributed by atoms with Crippen LogP contribution in [0.25, 0.3) is 0 Å². The van der Waals surface area contributed by atoms with Crippen molar-refractivity contribution in [1.29, 1.82) is 0 Å². The average Bonchev–Trinajstić information content (AvgIpc) is 3.33. The topological polar surface area (TPSA) is 123 Å². The zero-order valence-corrected chi connectivity index (χ0v) is 21.1. The highest BCUT2D eigenvalue weighted by Gasteiger charge is 2.51. The predicted octanol–water partition coefficient (Wildman–Crippen LogP) is 3.45. The fourth-order valence-corrected chi connectivity index (χ4v) is 4.24. The number of nitrogens with zero attached hydrogens (tertiary/aromatic N) is 2. The van der Waals surface area contributed by atoms with Gasteiger partial charge in [0.15, 0.2) is 18.4 Å². The van der Waals surface area contributed by atoms with Crippen LogP contribution in [-0.4, -0.2) is 52.4 Å². The molecule has 0 N–H and O–H groups in total. The van der Waals surface area contributed by atoms with Crippen LogP contribution in [0.2, 0.25) is 0 Å². The molecule has 10 nitrogen and oxygen atoms in total. The van der Waals surface area contributed by atoms with Gasteiger partial charge in [0, 0.05) is 12.4 Å². The lowest BCUT2D eigenvalue weighted by atomic mass is 10.1.